The van der Waals surface area contributed by atoms with Crippen LogP contribution in [0.3, 0.4) is 0 Å². The maximum absolute atomic E-state index is 13.9. The zero-order valence-electron chi connectivity index (χ0n) is 15.5. The highest BCUT2D eigenvalue weighted by Gasteiger charge is 2.31. The summed E-state index contributed by atoms with van der Waals surface area (Å²) in [7, 11) is 1.22. The van der Waals surface area contributed by atoms with Gasteiger partial charge in [0.2, 0.25) is 0 Å². The summed E-state index contributed by atoms with van der Waals surface area (Å²) < 4.78 is 51.6. The number of allylic oxidation sites excluding steroid dienone is 1. The summed E-state index contributed by atoms with van der Waals surface area (Å²) in [4.78, 5) is 24.2. The number of nitrogens with zero attached hydrogens (tertiary/aromatic N) is 3. The van der Waals surface area contributed by atoms with E-state index in [-0.39, 0.29) is 17.1 Å². The molecule has 1 amide bonds. The van der Waals surface area contributed by atoms with Crippen LogP contribution in [0.2, 0.25) is 0 Å². The fraction of sp³-hybridized carbons (Fsp3) is 0.100. The molecule has 2 heterocycles. The zero-order chi connectivity index (χ0) is 21.9. The second-order valence-corrected chi connectivity index (χ2v) is 6.13. The number of pyridine rings is 2. The summed E-state index contributed by atoms with van der Waals surface area (Å²) in [6.07, 6.45) is -1.33. The Bertz CT molecular complexity index is 1170. The molecule has 0 fully saturated rings. The number of amidine groups is 1. The van der Waals surface area contributed by atoms with Crippen molar-refractivity contribution in [2.45, 2.75) is 6.18 Å². The highest BCUT2D eigenvalue weighted by atomic mass is 19.4. The molecule has 3 N–H and O–H groups in total. The lowest BCUT2D eigenvalue weighted by Gasteiger charge is -2.09. The number of amides is 1. The number of nitrogens with one attached hydrogen (secondary N) is 1. The Hall–Kier alpha value is -3.82. The van der Waals surface area contributed by atoms with E-state index in [0.717, 1.165) is 0 Å². The van der Waals surface area contributed by atoms with Crippen LogP contribution < -0.4 is 11.1 Å². The van der Waals surface area contributed by atoms with Crippen LogP contribution in [-0.2, 0) is 0 Å². The van der Waals surface area contributed by atoms with Crippen molar-refractivity contribution in [1.29, 1.82) is 0 Å². The molecular weight excluding hydrogens is 402 g/mol. The number of halogens is 4. The van der Waals surface area contributed by atoms with Gasteiger partial charge >= 0.3 is 6.18 Å². The number of carbonyl (C=O) groups excluding carboxylic acids is 1. The van der Waals surface area contributed by atoms with Crippen LogP contribution in [0.5, 0.6) is 0 Å². The van der Waals surface area contributed by atoms with Crippen molar-refractivity contribution in [2.75, 3.05) is 7.05 Å². The lowest BCUT2D eigenvalue weighted by molar-refractivity contribution is -0.0925. The Morgan fingerprint density at radius 3 is 2.63 bits per heavy atom. The number of carbonyl (C=O) groups is 1. The molecule has 2 aromatic heterocycles. The minimum Gasteiger partial charge on any atom is -0.395 e. The van der Waals surface area contributed by atoms with Gasteiger partial charge in [-0.25, -0.2) is 4.39 Å². The highest BCUT2D eigenvalue weighted by molar-refractivity contribution is 6.11. The standard InChI is InChI=1S/C20H15F4N5O/c1-26-17(9-16(25)20(22,23)24)29-19(30)12-5-4-11-7-13(10-28-15(11)8-12)18-14(21)3-2-6-27-18/h2-10H,25H2,1H3,(H,26,29,30)/b16-9-. The van der Waals surface area contributed by atoms with Gasteiger partial charge in [-0.3, -0.25) is 19.8 Å². The topological polar surface area (TPSA) is 93.3 Å². The van der Waals surface area contributed by atoms with E-state index < -0.39 is 23.6 Å². The molecule has 0 spiro atoms. The van der Waals surface area contributed by atoms with Gasteiger partial charge in [-0.05, 0) is 30.3 Å². The summed E-state index contributed by atoms with van der Waals surface area (Å²) in [5.41, 5.74) is 4.75. The summed E-state index contributed by atoms with van der Waals surface area (Å²) in [5.74, 6) is -1.53. The SMILES string of the molecule is CN=C(/C=C(\N)C(F)(F)F)NC(=O)c1ccc2cc(-c3ncccc3F)cnc2c1. The summed E-state index contributed by atoms with van der Waals surface area (Å²) in [5, 5.41) is 2.89. The van der Waals surface area contributed by atoms with Crippen LogP contribution in [0.25, 0.3) is 22.2 Å². The average molecular weight is 417 g/mol. The zero-order valence-corrected chi connectivity index (χ0v) is 15.5. The Balaban J connectivity index is 1.86. The molecule has 0 aliphatic rings. The molecule has 10 heteroatoms. The van der Waals surface area contributed by atoms with E-state index in [1.54, 1.807) is 12.1 Å². The Morgan fingerprint density at radius 1 is 1.20 bits per heavy atom. The van der Waals surface area contributed by atoms with Crippen LogP contribution in [0.15, 0.2) is 65.6 Å². The maximum Gasteiger partial charge on any atom is 0.430 e. The van der Waals surface area contributed by atoms with Crippen LogP contribution in [0.4, 0.5) is 17.6 Å². The smallest absolute Gasteiger partial charge is 0.395 e. The molecule has 0 bridgehead atoms. The van der Waals surface area contributed by atoms with Gasteiger partial charge in [-0.15, -0.1) is 0 Å². The Labute approximate surface area is 168 Å². The molecule has 3 aromatic rings. The lowest BCUT2D eigenvalue weighted by atomic mass is 10.1. The molecule has 1 aromatic carbocycles. The number of rotatable bonds is 3. The third kappa shape index (κ3) is 4.59. The largest absolute Gasteiger partial charge is 0.430 e. The van der Waals surface area contributed by atoms with Gasteiger partial charge in [0, 0.05) is 42.0 Å². The van der Waals surface area contributed by atoms with E-state index in [1.165, 1.54) is 43.7 Å². The van der Waals surface area contributed by atoms with Gasteiger partial charge in [-0.1, -0.05) is 6.07 Å². The molecule has 0 radical (unpaired) electrons. The molecule has 0 saturated carbocycles. The van der Waals surface area contributed by atoms with E-state index in [0.29, 0.717) is 22.5 Å². The molecule has 154 valence electrons. The van der Waals surface area contributed by atoms with Gasteiger partial charge in [0.05, 0.1) is 5.52 Å². The molecule has 0 atom stereocenters. The molecule has 0 saturated heterocycles. The summed E-state index contributed by atoms with van der Waals surface area (Å²) in [6.45, 7) is 0. The molecular formula is C20H15F4N5O. The fourth-order valence-electron chi connectivity index (χ4n) is 2.56. The first-order valence-electron chi connectivity index (χ1n) is 8.52. The van der Waals surface area contributed by atoms with Gasteiger partial charge in [0.15, 0.2) is 0 Å². The minimum atomic E-state index is -4.74. The number of hydrogen-bond donors (Lipinski definition) is 2. The summed E-state index contributed by atoms with van der Waals surface area (Å²) in [6, 6.07) is 8.93. The second kappa shape index (κ2) is 8.27. The number of aliphatic imine (C=N–C) groups is 1. The number of nitrogens with two attached hydrogens (primary N) is 1. The van der Waals surface area contributed by atoms with E-state index in [9.17, 15) is 22.4 Å². The van der Waals surface area contributed by atoms with Crippen molar-refractivity contribution >= 4 is 22.6 Å². The molecule has 3 rings (SSSR count). The fourth-order valence-corrected chi connectivity index (χ4v) is 2.56. The molecule has 6 nitrogen and oxygen atoms in total. The number of alkyl halides is 3. The predicted octanol–water partition coefficient (Wildman–Crippen LogP) is 3.60. The normalized spacial score (nSPS) is 12.8. The molecule has 30 heavy (non-hydrogen) atoms. The van der Waals surface area contributed by atoms with Crippen LogP contribution in [0, 0.1) is 5.82 Å². The first kappa shape index (κ1) is 20.9. The second-order valence-electron chi connectivity index (χ2n) is 6.13. The first-order chi connectivity index (χ1) is 14.2. The van der Waals surface area contributed by atoms with Crippen molar-refractivity contribution in [3.05, 3.63) is 71.9 Å². The molecule has 0 unspecified atom stereocenters. The Kier molecular flexibility index (Phi) is 5.77. The number of benzene rings is 1. The van der Waals surface area contributed by atoms with E-state index in [4.69, 9.17) is 5.73 Å². The van der Waals surface area contributed by atoms with E-state index in [1.807, 2.05) is 0 Å². The minimum absolute atomic E-state index is 0.145. The third-order valence-corrected chi connectivity index (χ3v) is 4.08. The first-order valence-corrected chi connectivity index (χ1v) is 8.52. The van der Waals surface area contributed by atoms with Gasteiger partial charge in [-0.2, -0.15) is 13.2 Å². The van der Waals surface area contributed by atoms with E-state index >= 15 is 0 Å². The quantitative estimate of drug-likeness (QED) is 0.387. The van der Waals surface area contributed by atoms with E-state index in [2.05, 4.69) is 20.3 Å². The number of aromatic nitrogens is 2. The molecule has 0 aliphatic carbocycles. The third-order valence-electron chi connectivity index (χ3n) is 4.08. The van der Waals surface area contributed by atoms with Gasteiger partial charge < -0.3 is 11.1 Å². The highest BCUT2D eigenvalue weighted by Crippen LogP contribution is 2.24. The van der Waals surface area contributed by atoms with Crippen molar-refractivity contribution in [3.63, 3.8) is 0 Å². The van der Waals surface area contributed by atoms with Crippen LogP contribution >= 0.6 is 0 Å². The van der Waals surface area contributed by atoms with Gasteiger partial charge in [0.25, 0.3) is 5.91 Å². The number of hydrogen-bond acceptors (Lipinski definition) is 5. The van der Waals surface area contributed by atoms with Crippen LogP contribution in [-0.4, -0.2) is 34.9 Å². The summed E-state index contributed by atoms with van der Waals surface area (Å²) >= 11 is 0. The van der Waals surface area contributed by atoms with Crippen molar-refractivity contribution < 1.29 is 22.4 Å². The predicted molar refractivity (Wildman–Crippen MR) is 104 cm³/mol. The lowest BCUT2D eigenvalue weighted by Crippen LogP contribution is -2.31. The maximum atomic E-state index is 13.9. The van der Waals surface area contributed by atoms with Crippen molar-refractivity contribution in [1.82, 2.24) is 15.3 Å². The van der Waals surface area contributed by atoms with Crippen molar-refractivity contribution in [3.8, 4) is 11.3 Å². The van der Waals surface area contributed by atoms with Gasteiger partial charge in [0.1, 0.15) is 23.0 Å². The number of fused-ring (bicyclic) bond motifs is 1. The van der Waals surface area contributed by atoms with Crippen LogP contribution in [0.1, 0.15) is 10.4 Å². The Morgan fingerprint density at radius 2 is 1.97 bits per heavy atom. The molecule has 0 aliphatic heterocycles. The monoisotopic (exact) mass is 417 g/mol. The average Bonchev–Trinajstić information content (AvgIpc) is 2.72. The van der Waals surface area contributed by atoms with Crippen molar-refractivity contribution in [2.24, 2.45) is 10.7 Å².